The Morgan fingerprint density at radius 2 is 0.806 bits per heavy atom. The molecule has 4 nitrogen and oxygen atoms in total. The lowest BCUT2D eigenvalue weighted by molar-refractivity contribution is -0.144. The van der Waals surface area contributed by atoms with E-state index in [1.165, 1.54) is 32.1 Å². The first-order valence-electron chi connectivity index (χ1n) is 13.2. The van der Waals surface area contributed by atoms with E-state index in [1.54, 1.807) is 0 Å². The van der Waals surface area contributed by atoms with Gasteiger partial charge in [0.25, 0.3) is 0 Å². The van der Waals surface area contributed by atoms with Gasteiger partial charge in [-0.3, -0.25) is 9.59 Å². The molecule has 0 heterocycles. The van der Waals surface area contributed by atoms with Crippen LogP contribution in [-0.4, -0.2) is 25.2 Å². The molecule has 0 saturated carbocycles. The third kappa shape index (κ3) is 25.1. The number of hydrogen-bond acceptors (Lipinski definition) is 4. The van der Waals surface area contributed by atoms with Crippen LogP contribution >= 0.6 is 0 Å². The fourth-order valence-corrected chi connectivity index (χ4v) is 3.60. The normalized spacial score (nSPS) is 11.3. The molecule has 0 N–H and O–H groups in total. The van der Waals surface area contributed by atoms with Gasteiger partial charge in [-0.2, -0.15) is 0 Å². The van der Waals surface area contributed by atoms with Crippen LogP contribution in [0.5, 0.6) is 0 Å². The highest BCUT2D eigenvalue weighted by Crippen LogP contribution is 2.12. The number of unbranched alkanes of at least 4 members (excludes halogenated alkanes) is 10. The van der Waals surface area contributed by atoms with Crippen molar-refractivity contribution in [3.8, 4) is 0 Å². The SMILES string of the molecule is CC(C)CCCCCOC(=O)CCCCCCCCCC(=O)OCCCCCC(C)C. The molecule has 0 aromatic heterocycles. The summed E-state index contributed by atoms with van der Waals surface area (Å²) in [4.78, 5) is 23.4. The van der Waals surface area contributed by atoms with Crippen LogP contribution in [0.4, 0.5) is 0 Å². The van der Waals surface area contributed by atoms with Gasteiger partial charge in [-0.25, -0.2) is 0 Å². The van der Waals surface area contributed by atoms with Gasteiger partial charge in [0.15, 0.2) is 0 Å². The van der Waals surface area contributed by atoms with Gasteiger partial charge in [0.1, 0.15) is 0 Å². The number of carbonyl (C=O) groups excluding carboxylic acids is 2. The minimum Gasteiger partial charge on any atom is -0.466 e. The van der Waals surface area contributed by atoms with Gasteiger partial charge in [0.2, 0.25) is 0 Å². The second-order valence-corrected chi connectivity index (χ2v) is 9.90. The highest BCUT2D eigenvalue weighted by Gasteiger charge is 2.04. The number of carbonyl (C=O) groups is 2. The maximum atomic E-state index is 11.7. The third-order valence-corrected chi connectivity index (χ3v) is 5.64. The summed E-state index contributed by atoms with van der Waals surface area (Å²) >= 11 is 0. The lowest BCUT2D eigenvalue weighted by Gasteiger charge is -2.07. The summed E-state index contributed by atoms with van der Waals surface area (Å²) in [5.41, 5.74) is 0. The van der Waals surface area contributed by atoms with E-state index < -0.39 is 0 Å². The van der Waals surface area contributed by atoms with Crippen molar-refractivity contribution in [2.75, 3.05) is 13.2 Å². The molecule has 0 aromatic rings. The Hall–Kier alpha value is -1.06. The molecule has 0 bridgehead atoms. The van der Waals surface area contributed by atoms with E-state index in [2.05, 4.69) is 27.7 Å². The second kappa shape index (κ2) is 22.1. The summed E-state index contributed by atoms with van der Waals surface area (Å²) in [6.45, 7) is 10.1. The molecule has 0 radical (unpaired) electrons. The molecule has 0 atom stereocenters. The monoisotopic (exact) mass is 440 g/mol. The van der Waals surface area contributed by atoms with E-state index in [1.807, 2.05) is 0 Å². The Labute approximate surface area is 193 Å². The van der Waals surface area contributed by atoms with Gasteiger partial charge < -0.3 is 9.47 Å². The quantitative estimate of drug-likeness (QED) is 0.126. The molecule has 0 amide bonds. The summed E-state index contributed by atoms with van der Waals surface area (Å²) in [6, 6.07) is 0. The van der Waals surface area contributed by atoms with E-state index in [9.17, 15) is 9.59 Å². The number of rotatable bonds is 22. The van der Waals surface area contributed by atoms with Gasteiger partial charge in [-0.15, -0.1) is 0 Å². The van der Waals surface area contributed by atoms with Crippen LogP contribution in [0.1, 0.15) is 137 Å². The van der Waals surface area contributed by atoms with Gasteiger partial charge in [-0.1, -0.05) is 98.3 Å². The average molecular weight is 441 g/mol. The van der Waals surface area contributed by atoms with Crippen LogP contribution in [0, 0.1) is 11.8 Å². The first kappa shape index (κ1) is 29.9. The Balaban J connectivity index is 3.28. The number of esters is 2. The van der Waals surface area contributed by atoms with Crippen molar-refractivity contribution in [1.29, 1.82) is 0 Å². The molecular formula is C27H52O4. The molecule has 0 aliphatic rings. The van der Waals surface area contributed by atoms with Crippen LogP contribution < -0.4 is 0 Å². The van der Waals surface area contributed by atoms with Crippen molar-refractivity contribution < 1.29 is 19.1 Å². The van der Waals surface area contributed by atoms with E-state index >= 15 is 0 Å². The Morgan fingerprint density at radius 1 is 0.484 bits per heavy atom. The predicted molar refractivity (Wildman–Crippen MR) is 130 cm³/mol. The standard InChI is InChI=1S/C27H52O4/c1-24(2)18-12-10-16-22-30-26(28)20-14-8-6-5-7-9-15-21-27(29)31-23-17-11-13-19-25(3)4/h24-25H,5-23H2,1-4H3. The van der Waals surface area contributed by atoms with E-state index in [-0.39, 0.29) is 11.9 Å². The van der Waals surface area contributed by atoms with Gasteiger partial charge in [0.05, 0.1) is 13.2 Å². The van der Waals surface area contributed by atoms with E-state index in [0.717, 1.165) is 76.0 Å². The molecular weight excluding hydrogens is 388 g/mol. The zero-order valence-corrected chi connectivity index (χ0v) is 21.2. The largest absolute Gasteiger partial charge is 0.466 e. The molecule has 4 heteroatoms. The van der Waals surface area contributed by atoms with Crippen LogP contribution in [-0.2, 0) is 19.1 Å². The molecule has 0 fully saturated rings. The number of hydrogen-bond donors (Lipinski definition) is 0. The molecule has 0 rings (SSSR count). The summed E-state index contributed by atoms with van der Waals surface area (Å²) in [5, 5.41) is 0. The van der Waals surface area contributed by atoms with E-state index in [4.69, 9.17) is 9.47 Å². The summed E-state index contributed by atoms with van der Waals surface area (Å²) < 4.78 is 10.6. The Bertz CT molecular complexity index is 379. The molecule has 0 saturated heterocycles. The van der Waals surface area contributed by atoms with Crippen molar-refractivity contribution in [3.63, 3.8) is 0 Å². The van der Waals surface area contributed by atoms with Crippen molar-refractivity contribution in [3.05, 3.63) is 0 Å². The zero-order chi connectivity index (χ0) is 23.2. The third-order valence-electron chi connectivity index (χ3n) is 5.64. The van der Waals surface area contributed by atoms with Crippen LogP contribution in [0.25, 0.3) is 0 Å². The fourth-order valence-electron chi connectivity index (χ4n) is 3.60. The summed E-state index contributed by atoms with van der Waals surface area (Å²) in [7, 11) is 0. The highest BCUT2D eigenvalue weighted by molar-refractivity contribution is 5.69. The maximum Gasteiger partial charge on any atom is 0.305 e. The Morgan fingerprint density at radius 3 is 1.16 bits per heavy atom. The van der Waals surface area contributed by atoms with Gasteiger partial charge >= 0.3 is 11.9 Å². The zero-order valence-electron chi connectivity index (χ0n) is 21.2. The highest BCUT2D eigenvalue weighted by atomic mass is 16.5. The molecule has 0 spiro atoms. The first-order valence-corrected chi connectivity index (χ1v) is 13.2. The minimum atomic E-state index is -0.0395. The van der Waals surface area contributed by atoms with Gasteiger partial charge in [0, 0.05) is 12.8 Å². The van der Waals surface area contributed by atoms with Crippen molar-refractivity contribution in [1.82, 2.24) is 0 Å². The second-order valence-electron chi connectivity index (χ2n) is 9.90. The molecule has 0 aromatic carbocycles. The summed E-state index contributed by atoms with van der Waals surface area (Å²) in [5.74, 6) is 1.45. The number of ether oxygens (including phenoxy) is 2. The van der Waals surface area contributed by atoms with Gasteiger partial charge in [-0.05, 0) is 37.5 Å². The van der Waals surface area contributed by atoms with Crippen molar-refractivity contribution in [2.45, 2.75) is 137 Å². The van der Waals surface area contributed by atoms with Crippen LogP contribution in [0.2, 0.25) is 0 Å². The molecule has 0 aliphatic carbocycles. The first-order chi connectivity index (χ1) is 14.9. The lowest BCUT2D eigenvalue weighted by Crippen LogP contribution is -2.06. The lowest BCUT2D eigenvalue weighted by atomic mass is 10.1. The van der Waals surface area contributed by atoms with Crippen molar-refractivity contribution >= 4 is 11.9 Å². The minimum absolute atomic E-state index is 0.0395. The topological polar surface area (TPSA) is 52.6 Å². The summed E-state index contributed by atoms with van der Waals surface area (Å²) in [6.07, 6.45) is 17.9. The maximum absolute atomic E-state index is 11.7. The Kier molecular flexibility index (Phi) is 21.4. The van der Waals surface area contributed by atoms with Crippen LogP contribution in [0.15, 0.2) is 0 Å². The molecule has 184 valence electrons. The molecule has 0 unspecified atom stereocenters. The fraction of sp³-hybridized carbons (Fsp3) is 0.926. The average Bonchev–Trinajstić information content (AvgIpc) is 2.71. The van der Waals surface area contributed by atoms with Crippen LogP contribution in [0.3, 0.4) is 0 Å². The molecule has 31 heavy (non-hydrogen) atoms. The molecule has 0 aliphatic heterocycles. The predicted octanol–water partition coefficient (Wildman–Crippen LogP) is 8.02. The van der Waals surface area contributed by atoms with E-state index in [0.29, 0.717) is 26.1 Å². The smallest absolute Gasteiger partial charge is 0.305 e. The van der Waals surface area contributed by atoms with Crippen molar-refractivity contribution in [2.24, 2.45) is 11.8 Å².